The first-order valence-electron chi connectivity index (χ1n) is 12.2. The summed E-state index contributed by atoms with van der Waals surface area (Å²) in [6.07, 6.45) is 7.12. The molecule has 1 aliphatic rings. The number of aromatic nitrogens is 1. The van der Waals surface area contributed by atoms with E-state index in [-0.39, 0.29) is 18.8 Å². The average molecular weight is 612 g/mol. The van der Waals surface area contributed by atoms with Gasteiger partial charge in [-0.2, -0.15) is 0 Å². The lowest BCUT2D eigenvalue weighted by molar-refractivity contribution is -0.139. The Morgan fingerprint density at radius 2 is 1.95 bits per heavy atom. The molecule has 0 amide bonds. The molecule has 0 spiro atoms. The maximum Gasteiger partial charge on any atom is 0.338 e. The van der Waals surface area contributed by atoms with Crippen LogP contribution in [0.1, 0.15) is 37.9 Å². The molecule has 4 rings (SSSR count). The van der Waals surface area contributed by atoms with Crippen LogP contribution >= 0.6 is 27.3 Å². The monoisotopic (exact) mass is 610 g/mol. The second-order valence-electron chi connectivity index (χ2n) is 8.32. The molecule has 10 heteroatoms. The molecule has 0 saturated heterocycles. The Balaban J connectivity index is 1.94. The fourth-order valence-corrected chi connectivity index (χ4v) is 5.77. The zero-order valence-corrected chi connectivity index (χ0v) is 24.4. The Bertz CT molecular complexity index is 1650. The van der Waals surface area contributed by atoms with Crippen LogP contribution in [0.15, 0.2) is 61.9 Å². The van der Waals surface area contributed by atoms with Gasteiger partial charge in [-0.1, -0.05) is 45.3 Å². The first-order valence-corrected chi connectivity index (χ1v) is 13.8. The van der Waals surface area contributed by atoms with Gasteiger partial charge in [-0.05, 0) is 56.7 Å². The second-order valence-corrected chi connectivity index (χ2v) is 10.2. The number of hydrogen-bond acceptors (Lipinski definition) is 8. The summed E-state index contributed by atoms with van der Waals surface area (Å²) in [6.45, 7) is 6.13. The van der Waals surface area contributed by atoms with E-state index >= 15 is 0 Å². The van der Waals surface area contributed by atoms with E-state index in [1.54, 1.807) is 26.0 Å². The predicted molar refractivity (Wildman–Crippen MR) is 153 cm³/mol. The lowest BCUT2D eigenvalue weighted by Gasteiger charge is -2.24. The van der Waals surface area contributed by atoms with E-state index in [4.69, 9.17) is 25.4 Å². The minimum absolute atomic E-state index is 0.0277. The third kappa shape index (κ3) is 5.79. The number of hydrogen-bond donors (Lipinski definition) is 0. The summed E-state index contributed by atoms with van der Waals surface area (Å²) >= 11 is 4.70. The molecule has 1 atom stereocenters. The van der Waals surface area contributed by atoms with Gasteiger partial charge < -0.3 is 18.9 Å². The molecule has 0 aliphatic carbocycles. The summed E-state index contributed by atoms with van der Waals surface area (Å²) in [5, 5.41) is 0. The molecule has 2 heterocycles. The van der Waals surface area contributed by atoms with Crippen molar-refractivity contribution >= 4 is 39.3 Å². The number of allylic oxidation sites excluding steroid dienone is 1. The van der Waals surface area contributed by atoms with Crippen LogP contribution < -0.4 is 29.1 Å². The third-order valence-corrected chi connectivity index (χ3v) is 7.32. The van der Waals surface area contributed by atoms with Crippen molar-refractivity contribution in [2.45, 2.75) is 26.8 Å². The highest BCUT2D eigenvalue weighted by Gasteiger charge is 2.33. The molecule has 0 unspecified atom stereocenters. The largest absolute Gasteiger partial charge is 0.494 e. The molecule has 2 aromatic carbocycles. The van der Waals surface area contributed by atoms with Gasteiger partial charge in [-0.15, -0.1) is 6.42 Å². The molecule has 3 aromatic rings. The van der Waals surface area contributed by atoms with Crippen LogP contribution in [0.2, 0.25) is 0 Å². The van der Waals surface area contributed by atoms with Crippen LogP contribution in [0.5, 0.6) is 17.2 Å². The summed E-state index contributed by atoms with van der Waals surface area (Å²) in [7, 11) is 1.53. The van der Waals surface area contributed by atoms with Gasteiger partial charge >= 0.3 is 5.97 Å². The van der Waals surface area contributed by atoms with Crippen molar-refractivity contribution < 1.29 is 23.7 Å². The van der Waals surface area contributed by atoms with Crippen LogP contribution in [0.3, 0.4) is 0 Å². The number of nitrogens with zero attached hydrogens (tertiary/aromatic N) is 2. The third-order valence-electron chi connectivity index (χ3n) is 5.88. The summed E-state index contributed by atoms with van der Waals surface area (Å²) in [5.74, 6) is 3.50. The molecule has 0 radical (unpaired) electrons. The zero-order chi connectivity index (χ0) is 28.1. The molecule has 0 saturated carbocycles. The van der Waals surface area contributed by atoms with Gasteiger partial charge in [0.15, 0.2) is 16.3 Å². The molecule has 1 aliphatic heterocycles. The summed E-state index contributed by atoms with van der Waals surface area (Å²) in [4.78, 5) is 32.1. The van der Waals surface area contributed by atoms with E-state index in [0.29, 0.717) is 50.0 Å². The molecular formula is C29H27BrN2O6S. The number of fused-ring (bicyclic) bond motifs is 1. The summed E-state index contributed by atoms with van der Waals surface area (Å²) in [6, 6.07) is 10.2. The molecule has 8 nitrogen and oxygen atoms in total. The Morgan fingerprint density at radius 1 is 1.21 bits per heavy atom. The van der Waals surface area contributed by atoms with Crippen molar-refractivity contribution in [3.05, 3.63) is 83.0 Å². The number of carbonyl (C=O) groups is 1. The van der Waals surface area contributed by atoms with Gasteiger partial charge in [0.2, 0.25) is 0 Å². The van der Waals surface area contributed by atoms with Crippen molar-refractivity contribution in [1.82, 2.24) is 4.57 Å². The van der Waals surface area contributed by atoms with Gasteiger partial charge in [-0.25, -0.2) is 9.79 Å². The number of esters is 1. The van der Waals surface area contributed by atoms with Crippen LogP contribution in [0, 0.1) is 12.3 Å². The van der Waals surface area contributed by atoms with E-state index < -0.39 is 12.0 Å². The lowest BCUT2D eigenvalue weighted by Crippen LogP contribution is -2.39. The molecule has 39 heavy (non-hydrogen) atoms. The smallest absolute Gasteiger partial charge is 0.338 e. The van der Waals surface area contributed by atoms with Crippen molar-refractivity contribution in [2.75, 3.05) is 26.9 Å². The normalized spacial score (nSPS) is 14.8. The van der Waals surface area contributed by atoms with Crippen molar-refractivity contribution in [3.8, 4) is 29.6 Å². The first-order chi connectivity index (χ1) is 18.8. The second kappa shape index (κ2) is 12.4. The molecule has 0 fully saturated rings. The van der Waals surface area contributed by atoms with Crippen LogP contribution in [0.25, 0.3) is 6.08 Å². The number of halogens is 1. The van der Waals surface area contributed by atoms with E-state index in [9.17, 15) is 9.59 Å². The van der Waals surface area contributed by atoms with Gasteiger partial charge in [-0.3, -0.25) is 9.36 Å². The molecule has 202 valence electrons. The predicted octanol–water partition coefficient (Wildman–Crippen LogP) is 3.98. The number of methoxy groups -OCH3 is 1. The van der Waals surface area contributed by atoms with E-state index in [2.05, 4.69) is 26.8 Å². The fraction of sp³-hybridized carbons (Fsp3) is 0.276. The molecule has 0 bridgehead atoms. The average Bonchev–Trinajstić information content (AvgIpc) is 3.21. The first kappa shape index (κ1) is 28.2. The van der Waals surface area contributed by atoms with Gasteiger partial charge in [0, 0.05) is 10.0 Å². The Kier molecular flexibility index (Phi) is 8.94. The van der Waals surface area contributed by atoms with Gasteiger partial charge in [0.05, 0.1) is 42.2 Å². The highest BCUT2D eigenvalue weighted by Crippen LogP contribution is 2.36. The number of ether oxygens (including phenoxy) is 4. The van der Waals surface area contributed by atoms with E-state index in [1.807, 2.05) is 37.3 Å². The number of benzene rings is 2. The number of terminal acetylenes is 1. The van der Waals surface area contributed by atoms with Crippen LogP contribution in [-0.4, -0.2) is 37.5 Å². The van der Waals surface area contributed by atoms with Crippen LogP contribution in [0.4, 0.5) is 0 Å². The maximum absolute atomic E-state index is 13.9. The summed E-state index contributed by atoms with van der Waals surface area (Å²) < 4.78 is 24.9. The number of rotatable bonds is 9. The Morgan fingerprint density at radius 3 is 2.59 bits per heavy atom. The Labute approximate surface area is 238 Å². The van der Waals surface area contributed by atoms with Crippen molar-refractivity contribution in [2.24, 2.45) is 4.99 Å². The van der Waals surface area contributed by atoms with Crippen LogP contribution in [-0.2, 0) is 9.53 Å². The molecule has 0 N–H and O–H groups in total. The minimum atomic E-state index is -0.729. The highest BCUT2D eigenvalue weighted by molar-refractivity contribution is 9.10. The summed E-state index contributed by atoms with van der Waals surface area (Å²) in [5.41, 5.74) is 1.81. The standard InChI is InChI=1S/C29H27BrN2O6S/c1-6-13-38-26-19(14-20(30)16-22(26)35-5)15-23-27(33)32-25(18-9-11-21(12-10-18)36-7-2)24(28(34)37-8-3)17(4)31-29(32)39-23/h1,9-12,14-16,25H,7-8,13H2,2-5H3/b23-15-/t25-/m0/s1. The number of carbonyl (C=O) groups excluding carboxylic acids is 1. The number of thiazole rings is 1. The minimum Gasteiger partial charge on any atom is -0.494 e. The quantitative estimate of drug-likeness (QED) is 0.269. The Hall–Kier alpha value is -3.81. The highest BCUT2D eigenvalue weighted by atomic mass is 79.9. The zero-order valence-electron chi connectivity index (χ0n) is 21.9. The SMILES string of the molecule is C#CCOc1c(/C=c2\sc3n(c2=O)[C@@H](c2ccc(OCC)cc2)C(C(=O)OCC)=C(C)N=3)cc(Br)cc1OC. The molecule has 1 aromatic heterocycles. The lowest BCUT2D eigenvalue weighted by atomic mass is 9.96. The van der Waals surface area contributed by atoms with Crippen molar-refractivity contribution in [3.63, 3.8) is 0 Å². The maximum atomic E-state index is 13.9. The topological polar surface area (TPSA) is 88.4 Å². The van der Waals surface area contributed by atoms with Crippen molar-refractivity contribution in [1.29, 1.82) is 0 Å². The van der Waals surface area contributed by atoms with Gasteiger partial charge in [0.1, 0.15) is 12.4 Å². The van der Waals surface area contributed by atoms with Gasteiger partial charge in [0.25, 0.3) is 5.56 Å². The molecular weight excluding hydrogens is 584 g/mol. The van der Waals surface area contributed by atoms with E-state index in [0.717, 1.165) is 10.0 Å². The van der Waals surface area contributed by atoms with E-state index in [1.165, 1.54) is 23.0 Å². The fourth-order valence-electron chi connectivity index (χ4n) is 4.28.